The number of piperidine rings is 1. The fourth-order valence-electron chi connectivity index (χ4n) is 5.65. The van der Waals surface area contributed by atoms with E-state index in [4.69, 9.17) is 4.74 Å². The molecule has 0 spiro atoms. The maximum absolute atomic E-state index is 15.5. The van der Waals surface area contributed by atoms with E-state index in [9.17, 15) is 13.2 Å². The molecule has 2 aliphatic rings. The van der Waals surface area contributed by atoms with Gasteiger partial charge in [0, 0.05) is 36.4 Å². The first-order chi connectivity index (χ1) is 18.3. The fourth-order valence-corrected chi connectivity index (χ4v) is 7.83. The van der Waals surface area contributed by atoms with Crippen molar-refractivity contribution in [3.05, 3.63) is 78.1 Å². The minimum atomic E-state index is -3.68. The number of hydrogen-bond acceptors (Lipinski definition) is 7. The molecular formula is C27H32FN5O4S. The van der Waals surface area contributed by atoms with Gasteiger partial charge in [-0.2, -0.15) is 4.31 Å². The van der Waals surface area contributed by atoms with Crippen molar-refractivity contribution in [2.24, 2.45) is 0 Å². The van der Waals surface area contributed by atoms with Crippen LogP contribution in [0.5, 0.6) is 0 Å². The zero-order chi connectivity index (χ0) is 26.9. The van der Waals surface area contributed by atoms with Crippen LogP contribution < -0.4 is 4.90 Å². The third-order valence-electron chi connectivity index (χ3n) is 7.80. The molecule has 2 aliphatic heterocycles. The Morgan fingerprint density at radius 3 is 2.50 bits per heavy atom. The Morgan fingerprint density at radius 2 is 1.82 bits per heavy atom. The first kappa shape index (κ1) is 26.3. The Labute approximate surface area is 222 Å². The maximum Gasteiger partial charge on any atom is 0.328 e. The highest BCUT2D eigenvalue weighted by atomic mass is 32.2. The van der Waals surface area contributed by atoms with Crippen LogP contribution in [0.25, 0.3) is 0 Å². The van der Waals surface area contributed by atoms with Gasteiger partial charge in [0.15, 0.2) is 0 Å². The van der Waals surface area contributed by atoms with Crippen molar-refractivity contribution >= 4 is 21.7 Å². The van der Waals surface area contributed by atoms with Gasteiger partial charge >= 0.3 is 5.97 Å². The topological polar surface area (TPSA) is 97.6 Å². The van der Waals surface area contributed by atoms with Crippen molar-refractivity contribution in [2.45, 2.75) is 62.5 Å². The molecule has 4 atom stereocenters. The summed E-state index contributed by atoms with van der Waals surface area (Å²) in [5.41, 5.74) is 1.61. The molecule has 3 heterocycles. The summed E-state index contributed by atoms with van der Waals surface area (Å²) in [7, 11) is -2.34. The summed E-state index contributed by atoms with van der Waals surface area (Å²) in [6, 6.07) is 13.1. The molecule has 0 amide bonds. The standard InChI is InChI=1S/C27H32FN5O4S/c1-19-8-11-26(20-6-4-3-5-7-20)38(35,36)33(19)16-21-9-10-23(14-24(21)28)32-13-12-22(31-17-29-30-18-31)15-25(32)27(34)37-2/h3-7,9-10,14,17-19,22,25-26H,8,11-13,15-16H2,1-2H3/t19?,22-,25-,26?/m1/s1. The number of esters is 1. The molecule has 2 saturated heterocycles. The van der Waals surface area contributed by atoms with Gasteiger partial charge in [-0.1, -0.05) is 36.4 Å². The smallest absolute Gasteiger partial charge is 0.328 e. The van der Waals surface area contributed by atoms with Gasteiger partial charge in [-0.05, 0) is 50.3 Å². The van der Waals surface area contributed by atoms with E-state index in [-0.39, 0.29) is 18.6 Å². The third-order valence-corrected chi connectivity index (χ3v) is 10.2. The zero-order valence-electron chi connectivity index (χ0n) is 21.5. The molecule has 0 saturated carbocycles. The van der Waals surface area contributed by atoms with E-state index in [0.29, 0.717) is 37.1 Å². The van der Waals surface area contributed by atoms with E-state index in [0.717, 1.165) is 12.0 Å². The zero-order valence-corrected chi connectivity index (χ0v) is 22.3. The number of anilines is 1. The van der Waals surface area contributed by atoms with Crippen molar-refractivity contribution in [2.75, 3.05) is 18.6 Å². The highest BCUT2D eigenvalue weighted by Gasteiger charge is 2.41. The number of sulfonamides is 1. The molecule has 0 radical (unpaired) electrons. The molecule has 2 fully saturated rings. The molecule has 2 unspecified atom stereocenters. The van der Waals surface area contributed by atoms with E-state index < -0.39 is 33.1 Å². The number of aromatic nitrogens is 3. The van der Waals surface area contributed by atoms with Gasteiger partial charge in [0.2, 0.25) is 10.0 Å². The van der Waals surface area contributed by atoms with E-state index in [1.165, 1.54) is 17.5 Å². The summed E-state index contributed by atoms with van der Waals surface area (Å²) in [5.74, 6) is -0.899. The molecule has 2 aromatic carbocycles. The molecule has 0 bridgehead atoms. The van der Waals surface area contributed by atoms with Gasteiger partial charge in [-0.3, -0.25) is 0 Å². The predicted octanol–water partition coefficient (Wildman–Crippen LogP) is 3.86. The maximum atomic E-state index is 15.5. The van der Waals surface area contributed by atoms with E-state index in [1.54, 1.807) is 24.8 Å². The predicted molar refractivity (Wildman–Crippen MR) is 140 cm³/mol. The first-order valence-corrected chi connectivity index (χ1v) is 14.3. The summed E-state index contributed by atoms with van der Waals surface area (Å²) in [5, 5.41) is 7.07. The second kappa shape index (κ2) is 10.8. The Morgan fingerprint density at radius 1 is 1.08 bits per heavy atom. The van der Waals surface area contributed by atoms with Gasteiger partial charge < -0.3 is 14.2 Å². The van der Waals surface area contributed by atoms with Crippen LogP contribution in [-0.2, 0) is 26.1 Å². The normalized spacial score (nSPS) is 25.7. The summed E-state index contributed by atoms with van der Waals surface area (Å²) < 4.78 is 51.0. The molecule has 0 aliphatic carbocycles. The highest BCUT2D eigenvalue weighted by Crippen LogP contribution is 2.39. The lowest BCUT2D eigenvalue weighted by Gasteiger charge is -2.40. The SMILES string of the molecule is COC(=O)[C@H]1C[C@H](n2cnnc2)CCN1c1ccc(CN2C(C)CCC(c3ccccc3)S2(=O)=O)c(F)c1. The lowest BCUT2D eigenvalue weighted by molar-refractivity contribution is -0.143. The van der Waals surface area contributed by atoms with Crippen molar-refractivity contribution in [3.63, 3.8) is 0 Å². The number of methoxy groups -OCH3 is 1. The van der Waals surface area contributed by atoms with E-state index in [2.05, 4.69) is 10.2 Å². The van der Waals surface area contributed by atoms with Crippen LogP contribution in [0.15, 0.2) is 61.2 Å². The van der Waals surface area contributed by atoms with Crippen molar-refractivity contribution < 1.29 is 22.3 Å². The van der Waals surface area contributed by atoms with Gasteiger partial charge in [0.05, 0.1) is 7.11 Å². The van der Waals surface area contributed by atoms with Crippen LogP contribution >= 0.6 is 0 Å². The second-order valence-corrected chi connectivity index (χ2v) is 12.1. The van der Waals surface area contributed by atoms with Crippen LogP contribution in [0.3, 0.4) is 0 Å². The molecule has 3 aromatic rings. The molecule has 1 aromatic heterocycles. The molecular weight excluding hydrogens is 509 g/mol. The molecule has 0 N–H and O–H groups in total. The highest BCUT2D eigenvalue weighted by molar-refractivity contribution is 7.89. The second-order valence-electron chi connectivity index (χ2n) is 10.0. The summed E-state index contributed by atoms with van der Waals surface area (Å²) in [4.78, 5) is 14.5. The molecule has 202 valence electrons. The summed E-state index contributed by atoms with van der Waals surface area (Å²) in [6.45, 7) is 2.33. The van der Waals surface area contributed by atoms with Crippen LogP contribution in [-0.4, -0.2) is 59.2 Å². The van der Waals surface area contributed by atoms with Gasteiger partial charge in [-0.25, -0.2) is 17.6 Å². The minimum Gasteiger partial charge on any atom is -0.467 e. The Hall–Kier alpha value is -3.31. The quantitative estimate of drug-likeness (QED) is 0.437. The van der Waals surface area contributed by atoms with E-state index in [1.807, 2.05) is 46.7 Å². The lowest BCUT2D eigenvalue weighted by Crippen LogP contribution is -2.48. The van der Waals surface area contributed by atoms with Gasteiger partial charge in [0.25, 0.3) is 0 Å². The number of carbonyl (C=O) groups is 1. The van der Waals surface area contributed by atoms with Crippen LogP contribution in [0.4, 0.5) is 10.1 Å². The van der Waals surface area contributed by atoms with E-state index >= 15 is 4.39 Å². The largest absolute Gasteiger partial charge is 0.467 e. The number of carbonyl (C=O) groups excluding carboxylic acids is 1. The fraction of sp³-hybridized carbons (Fsp3) is 0.444. The number of hydrogen-bond donors (Lipinski definition) is 0. The number of halogens is 1. The third kappa shape index (κ3) is 5.04. The summed E-state index contributed by atoms with van der Waals surface area (Å²) in [6.07, 6.45) is 5.67. The number of nitrogens with zero attached hydrogens (tertiary/aromatic N) is 5. The molecule has 5 rings (SSSR count). The minimum absolute atomic E-state index is 0.0258. The van der Waals surface area contributed by atoms with Gasteiger partial charge in [-0.15, -0.1) is 10.2 Å². The molecule has 11 heteroatoms. The lowest BCUT2D eigenvalue weighted by atomic mass is 9.96. The summed E-state index contributed by atoms with van der Waals surface area (Å²) >= 11 is 0. The van der Waals surface area contributed by atoms with Crippen LogP contribution in [0.2, 0.25) is 0 Å². The van der Waals surface area contributed by atoms with Gasteiger partial charge in [0.1, 0.15) is 29.8 Å². The van der Waals surface area contributed by atoms with Crippen molar-refractivity contribution in [3.8, 4) is 0 Å². The molecule has 9 nitrogen and oxygen atoms in total. The Balaban J connectivity index is 1.37. The number of ether oxygens (including phenoxy) is 1. The molecule has 38 heavy (non-hydrogen) atoms. The Kier molecular flexibility index (Phi) is 7.49. The number of benzene rings is 2. The monoisotopic (exact) mass is 541 g/mol. The van der Waals surface area contributed by atoms with Crippen molar-refractivity contribution in [1.29, 1.82) is 0 Å². The average molecular weight is 542 g/mol. The van der Waals surface area contributed by atoms with Crippen molar-refractivity contribution in [1.82, 2.24) is 19.1 Å². The van der Waals surface area contributed by atoms with Crippen LogP contribution in [0, 0.1) is 5.82 Å². The Bertz CT molecular complexity index is 1370. The number of rotatable bonds is 6. The first-order valence-electron chi connectivity index (χ1n) is 12.8. The average Bonchev–Trinajstić information content (AvgIpc) is 3.46. The van der Waals surface area contributed by atoms with Crippen LogP contribution in [0.1, 0.15) is 55.0 Å².